The lowest BCUT2D eigenvalue weighted by molar-refractivity contribution is 0.0595. The van der Waals surface area contributed by atoms with Gasteiger partial charge in [-0.15, -0.1) is 10.2 Å². The van der Waals surface area contributed by atoms with Crippen LogP contribution in [0.4, 0.5) is 0 Å². The summed E-state index contributed by atoms with van der Waals surface area (Å²) >= 11 is 3.60. The Kier molecular flexibility index (Phi) is 3.63. The summed E-state index contributed by atoms with van der Waals surface area (Å²) < 4.78 is 9.10. The molecule has 2 bridgehead atoms. The largest absolute Gasteiger partial charge is 0.492 e. The predicted molar refractivity (Wildman–Crippen MR) is 89.0 cm³/mol. The molecule has 118 valence electrons. The van der Waals surface area contributed by atoms with Gasteiger partial charge in [-0.2, -0.15) is 0 Å². The van der Waals surface area contributed by atoms with Crippen LogP contribution in [0.25, 0.3) is 5.65 Å². The standard InChI is InChI=1S/C17H22BrN3O/c1-2-17(7-12-3-4-13(5-12)8-17)10-22-15-6-16-20-19-11-21(16)9-14(15)18/h6,9,11-13H,2-5,7-8,10H2,1H3. The van der Waals surface area contributed by atoms with Crippen molar-refractivity contribution in [2.75, 3.05) is 6.61 Å². The summed E-state index contributed by atoms with van der Waals surface area (Å²) in [6.45, 7) is 3.14. The molecule has 4 nitrogen and oxygen atoms in total. The van der Waals surface area contributed by atoms with Gasteiger partial charge in [-0.1, -0.05) is 19.8 Å². The first-order chi connectivity index (χ1) is 10.7. The lowest BCUT2D eigenvalue weighted by Crippen LogP contribution is -2.34. The summed E-state index contributed by atoms with van der Waals surface area (Å²) in [7, 11) is 0. The number of ether oxygens (including phenoxy) is 1. The molecule has 2 unspecified atom stereocenters. The van der Waals surface area contributed by atoms with Gasteiger partial charge in [0.25, 0.3) is 0 Å². The molecule has 4 rings (SSSR count). The number of nitrogens with zero attached hydrogens (tertiary/aromatic N) is 3. The fourth-order valence-electron chi connectivity index (χ4n) is 4.53. The highest BCUT2D eigenvalue weighted by Crippen LogP contribution is 2.52. The van der Waals surface area contributed by atoms with Crippen LogP contribution in [-0.4, -0.2) is 21.2 Å². The van der Waals surface area contributed by atoms with Gasteiger partial charge in [-0.25, -0.2) is 0 Å². The van der Waals surface area contributed by atoms with Gasteiger partial charge in [-0.05, 0) is 53.4 Å². The zero-order chi connectivity index (χ0) is 15.2. The smallest absolute Gasteiger partial charge is 0.164 e. The van der Waals surface area contributed by atoms with E-state index in [0.29, 0.717) is 5.41 Å². The summed E-state index contributed by atoms with van der Waals surface area (Å²) in [6, 6.07) is 1.97. The lowest BCUT2D eigenvalue weighted by atomic mass is 9.68. The van der Waals surface area contributed by atoms with Crippen LogP contribution in [0.1, 0.15) is 45.4 Å². The van der Waals surface area contributed by atoms with Gasteiger partial charge in [-0.3, -0.25) is 4.40 Å². The molecule has 2 aromatic rings. The molecule has 0 aromatic carbocycles. The third-order valence-corrected chi connectivity index (χ3v) is 6.32. The maximum absolute atomic E-state index is 6.24. The van der Waals surface area contributed by atoms with Crippen molar-refractivity contribution in [2.45, 2.75) is 45.4 Å². The third kappa shape index (κ3) is 2.53. The summed E-state index contributed by atoms with van der Waals surface area (Å²) in [4.78, 5) is 0. The monoisotopic (exact) mass is 363 g/mol. The van der Waals surface area contributed by atoms with Crippen molar-refractivity contribution in [3.05, 3.63) is 23.1 Å². The first-order valence-electron chi connectivity index (χ1n) is 8.29. The summed E-state index contributed by atoms with van der Waals surface area (Å²) in [5, 5.41) is 8.03. The van der Waals surface area contributed by atoms with Crippen LogP contribution in [-0.2, 0) is 0 Å². The summed E-state index contributed by atoms with van der Waals surface area (Å²) in [5.41, 5.74) is 1.19. The maximum atomic E-state index is 6.24. The van der Waals surface area contributed by atoms with Crippen LogP contribution in [0.15, 0.2) is 23.1 Å². The Morgan fingerprint density at radius 3 is 2.86 bits per heavy atom. The first kappa shape index (κ1) is 14.5. The molecule has 0 saturated heterocycles. The zero-order valence-corrected chi connectivity index (χ0v) is 14.6. The van der Waals surface area contributed by atoms with Crippen molar-refractivity contribution < 1.29 is 4.74 Å². The molecule has 2 aromatic heterocycles. The molecular formula is C17H22BrN3O. The molecule has 5 heteroatoms. The average molecular weight is 364 g/mol. The van der Waals surface area contributed by atoms with Crippen molar-refractivity contribution in [3.8, 4) is 5.75 Å². The number of aromatic nitrogens is 3. The Balaban J connectivity index is 1.53. The molecule has 0 amide bonds. The van der Waals surface area contributed by atoms with Gasteiger partial charge in [0, 0.05) is 17.7 Å². The van der Waals surface area contributed by atoms with Gasteiger partial charge < -0.3 is 4.74 Å². The van der Waals surface area contributed by atoms with Gasteiger partial charge in [0.1, 0.15) is 12.1 Å². The molecule has 2 atom stereocenters. The molecule has 2 aliphatic rings. The average Bonchev–Trinajstić information content (AvgIpc) is 3.11. The van der Waals surface area contributed by atoms with E-state index in [2.05, 4.69) is 33.1 Å². The fraction of sp³-hybridized carbons (Fsp3) is 0.647. The molecule has 0 aliphatic heterocycles. The molecule has 2 fully saturated rings. The summed E-state index contributed by atoms with van der Waals surface area (Å²) in [5.74, 6) is 2.75. The van der Waals surface area contributed by atoms with Crippen molar-refractivity contribution >= 4 is 21.6 Å². The Bertz CT molecular complexity index is 672. The SMILES string of the molecule is CCC1(COc2cc3nncn3cc2Br)CC2CCC(C2)C1. The number of hydrogen-bond acceptors (Lipinski definition) is 3. The van der Waals surface area contributed by atoms with Gasteiger partial charge in [0.2, 0.25) is 0 Å². The highest BCUT2D eigenvalue weighted by atomic mass is 79.9. The molecule has 0 radical (unpaired) electrons. The molecule has 2 heterocycles. The predicted octanol–water partition coefficient (Wildman–Crippen LogP) is 4.48. The fourth-order valence-corrected chi connectivity index (χ4v) is 4.98. The van der Waals surface area contributed by atoms with E-state index in [-0.39, 0.29) is 0 Å². The molecule has 2 saturated carbocycles. The number of halogens is 1. The minimum Gasteiger partial charge on any atom is -0.492 e. The molecule has 22 heavy (non-hydrogen) atoms. The van der Waals surface area contributed by atoms with Crippen LogP contribution in [0.5, 0.6) is 5.75 Å². The number of fused-ring (bicyclic) bond motifs is 3. The first-order valence-corrected chi connectivity index (χ1v) is 9.08. The van der Waals surface area contributed by atoms with Crippen LogP contribution in [0, 0.1) is 17.3 Å². The third-order valence-electron chi connectivity index (χ3n) is 5.73. The molecule has 0 spiro atoms. The Morgan fingerprint density at radius 2 is 2.14 bits per heavy atom. The van der Waals surface area contributed by atoms with Crippen LogP contribution >= 0.6 is 15.9 Å². The van der Waals surface area contributed by atoms with E-state index in [1.165, 1.54) is 38.5 Å². The Hall–Kier alpha value is -1.10. The van der Waals surface area contributed by atoms with Crippen LogP contribution < -0.4 is 4.74 Å². The van der Waals surface area contributed by atoms with E-state index >= 15 is 0 Å². The van der Waals surface area contributed by atoms with Crippen molar-refractivity contribution in [1.29, 1.82) is 0 Å². The number of hydrogen-bond donors (Lipinski definition) is 0. The number of rotatable bonds is 4. The Morgan fingerprint density at radius 1 is 1.36 bits per heavy atom. The van der Waals surface area contributed by atoms with Gasteiger partial charge in [0.15, 0.2) is 5.65 Å². The van der Waals surface area contributed by atoms with Crippen molar-refractivity contribution in [3.63, 3.8) is 0 Å². The van der Waals surface area contributed by atoms with Crippen molar-refractivity contribution in [1.82, 2.24) is 14.6 Å². The molecule has 2 aliphatic carbocycles. The van der Waals surface area contributed by atoms with Crippen LogP contribution in [0.3, 0.4) is 0 Å². The van der Waals surface area contributed by atoms with Gasteiger partial charge >= 0.3 is 0 Å². The van der Waals surface area contributed by atoms with E-state index in [0.717, 1.165) is 34.3 Å². The van der Waals surface area contributed by atoms with Crippen LogP contribution in [0.2, 0.25) is 0 Å². The van der Waals surface area contributed by atoms with Crippen molar-refractivity contribution in [2.24, 2.45) is 17.3 Å². The maximum Gasteiger partial charge on any atom is 0.164 e. The van der Waals surface area contributed by atoms with E-state index in [1.807, 2.05) is 16.7 Å². The minimum absolute atomic E-state index is 0.364. The number of pyridine rings is 1. The van der Waals surface area contributed by atoms with E-state index in [4.69, 9.17) is 4.74 Å². The Labute approximate surface area is 139 Å². The minimum atomic E-state index is 0.364. The topological polar surface area (TPSA) is 39.4 Å². The summed E-state index contributed by atoms with van der Waals surface area (Å²) in [6.07, 6.45) is 11.9. The second-order valence-electron chi connectivity index (χ2n) is 7.18. The van der Waals surface area contributed by atoms with E-state index < -0.39 is 0 Å². The van der Waals surface area contributed by atoms with Gasteiger partial charge in [0.05, 0.1) is 11.1 Å². The quantitative estimate of drug-likeness (QED) is 0.803. The second kappa shape index (κ2) is 5.52. The molecule has 0 N–H and O–H groups in total. The lowest BCUT2D eigenvalue weighted by Gasteiger charge is -2.40. The van der Waals surface area contributed by atoms with E-state index in [9.17, 15) is 0 Å². The molecular weight excluding hydrogens is 342 g/mol. The zero-order valence-electron chi connectivity index (χ0n) is 13.0. The normalized spacial score (nSPS) is 30.8. The second-order valence-corrected chi connectivity index (χ2v) is 8.03. The van der Waals surface area contributed by atoms with E-state index in [1.54, 1.807) is 6.33 Å². The highest BCUT2D eigenvalue weighted by Gasteiger charge is 2.43. The highest BCUT2D eigenvalue weighted by molar-refractivity contribution is 9.10.